The van der Waals surface area contributed by atoms with Crippen LogP contribution in [0.1, 0.15) is 79.3 Å². The quantitative estimate of drug-likeness (QED) is 0.756. The summed E-state index contributed by atoms with van der Waals surface area (Å²) in [6.45, 7) is 2.14. The molecule has 3 heterocycles. The van der Waals surface area contributed by atoms with Crippen molar-refractivity contribution in [1.82, 2.24) is 29.4 Å². The fourth-order valence-electron chi connectivity index (χ4n) is 4.56. The number of amides is 1. The highest BCUT2D eigenvalue weighted by Gasteiger charge is 2.38. The smallest absolute Gasteiger partial charge is 0.254 e. The molecule has 10 heteroatoms. The summed E-state index contributed by atoms with van der Waals surface area (Å²) < 4.78 is 29.7. The molecule has 1 aliphatic carbocycles. The molecular formula is C21H30N6O3S. The molecule has 31 heavy (non-hydrogen) atoms. The second-order valence-corrected chi connectivity index (χ2v) is 10.4. The van der Waals surface area contributed by atoms with Gasteiger partial charge in [0.1, 0.15) is 10.7 Å². The van der Waals surface area contributed by atoms with Crippen molar-refractivity contribution in [3.05, 3.63) is 35.7 Å². The van der Waals surface area contributed by atoms with E-state index >= 15 is 0 Å². The summed E-state index contributed by atoms with van der Waals surface area (Å²) in [5, 5.41) is 7.14. The van der Waals surface area contributed by atoms with Crippen LogP contribution in [0.4, 0.5) is 0 Å². The van der Waals surface area contributed by atoms with Gasteiger partial charge in [-0.25, -0.2) is 18.4 Å². The summed E-state index contributed by atoms with van der Waals surface area (Å²) >= 11 is 0. The number of sulfonamides is 1. The number of hydrogen-bond donors (Lipinski definition) is 1. The summed E-state index contributed by atoms with van der Waals surface area (Å²) in [4.78, 5) is 22.1. The van der Waals surface area contributed by atoms with Crippen molar-refractivity contribution in [3.63, 3.8) is 0 Å². The molecule has 2 fully saturated rings. The third kappa shape index (κ3) is 4.64. The highest BCUT2D eigenvalue weighted by molar-refractivity contribution is 7.89. The van der Waals surface area contributed by atoms with Gasteiger partial charge in [-0.15, -0.1) is 0 Å². The second kappa shape index (κ2) is 9.04. The summed E-state index contributed by atoms with van der Waals surface area (Å²) in [6.07, 6.45) is 12.0. The molecule has 4 rings (SSSR count). The minimum atomic E-state index is -3.76. The van der Waals surface area contributed by atoms with E-state index in [0.717, 1.165) is 38.5 Å². The van der Waals surface area contributed by atoms with Gasteiger partial charge in [0.25, 0.3) is 5.91 Å². The van der Waals surface area contributed by atoms with E-state index in [1.54, 1.807) is 20.2 Å². The highest BCUT2D eigenvalue weighted by Crippen LogP contribution is 2.36. The zero-order valence-electron chi connectivity index (χ0n) is 18.1. The van der Waals surface area contributed by atoms with Crippen LogP contribution in [-0.2, 0) is 17.1 Å². The standard InChI is InChI=1S/C21H30N6O3S/c1-15-22-13-18(21(28)25-16-8-4-3-5-9-16)20(24-15)19-10-6-7-11-27(19)31(29,30)17-12-23-26(2)14-17/h12-14,16,19H,3-11H2,1-2H3,(H,25,28). The highest BCUT2D eigenvalue weighted by atomic mass is 32.2. The summed E-state index contributed by atoms with van der Waals surface area (Å²) in [6, 6.07) is -0.357. The van der Waals surface area contributed by atoms with Gasteiger partial charge in [0.2, 0.25) is 10.0 Å². The van der Waals surface area contributed by atoms with E-state index in [0.29, 0.717) is 30.0 Å². The number of hydrogen-bond acceptors (Lipinski definition) is 6. The van der Waals surface area contributed by atoms with Crippen molar-refractivity contribution < 1.29 is 13.2 Å². The molecule has 1 N–H and O–H groups in total. The van der Waals surface area contributed by atoms with Gasteiger partial charge in [0, 0.05) is 32.0 Å². The number of nitrogens with zero attached hydrogens (tertiary/aromatic N) is 5. The molecule has 2 aromatic heterocycles. The Kier molecular flexibility index (Phi) is 6.38. The van der Waals surface area contributed by atoms with Crippen molar-refractivity contribution >= 4 is 15.9 Å². The van der Waals surface area contributed by atoms with Crippen LogP contribution in [0.3, 0.4) is 0 Å². The molecule has 9 nitrogen and oxygen atoms in total. The lowest BCUT2D eigenvalue weighted by Gasteiger charge is -2.34. The molecule has 0 spiro atoms. The first-order valence-corrected chi connectivity index (χ1v) is 12.4. The van der Waals surface area contributed by atoms with E-state index in [1.165, 1.54) is 27.8 Å². The van der Waals surface area contributed by atoms with Crippen LogP contribution in [0.5, 0.6) is 0 Å². The van der Waals surface area contributed by atoms with Crippen molar-refractivity contribution in [2.75, 3.05) is 6.54 Å². The SMILES string of the molecule is Cc1ncc(C(=O)NC2CCCCC2)c(C2CCCCN2S(=O)(=O)c2cnn(C)c2)n1. The van der Waals surface area contributed by atoms with Crippen LogP contribution < -0.4 is 5.32 Å². The molecule has 1 aliphatic heterocycles. The molecule has 1 amide bonds. The molecule has 2 aromatic rings. The monoisotopic (exact) mass is 446 g/mol. The van der Waals surface area contributed by atoms with Gasteiger partial charge in [-0.2, -0.15) is 9.40 Å². The maximum Gasteiger partial charge on any atom is 0.254 e. The lowest BCUT2D eigenvalue weighted by Crippen LogP contribution is -2.41. The lowest BCUT2D eigenvalue weighted by atomic mass is 9.94. The number of aryl methyl sites for hydroxylation is 2. The maximum absolute atomic E-state index is 13.4. The van der Waals surface area contributed by atoms with Gasteiger partial charge in [-0.1, -0.05) is 25.7 Å². The summed E-state index contributed by atoms with van der Waals surface area (Å²) in [7, 11) is -2.07. The zero-order valence-corrected chi connectivity index (χ0v) is 18.9. The number of carbonyl (C=O) groups excluding carboxylic acids is 1. The largest absolute Gasteiger partial charge is 0.349 e. The van der Waals surface area contributed by atoms with E-state index in [2.05, 4.69) is 20.4 Å². The summed E-state index contributed by atoms with van der Waals surface area (Å²) in [5.74, 6) is 0.305. The molecule has 1 unspecified atom stereocenters. The van der Waals surface area contributed by atoms with Gasteiger partial charge in [0.15, 0.2) is 0 Å². The zero-order chi connectivity index (χ0) is 22.0. The van der Waals surface area contributed by atoms with Crippen molar-refractivity contribution in [2.45, 2.75) is 75.3 Å². The Morgan fingerprint density at radius 2 is 1.84 bits per heavy atom. The average Bonchev–Trinajstić information content (AvgIpc) is 3.21. The molecule has 168 valence electrons. The van der Waals surface area contributed by atoms with E-state index in [4.69, 9.17) is 0 Å². The van der Waals surface area contributed by atoms with Gasteiger partial charge in [0.05, 0.1) is 23.5 Å². The lowest BCUT2D eigenvalue weighted by molar-refractivity contribution is 0.0923. The number of nitrogens with one attached hydrogen (secondary N) is 1. The first kappa shape index (κ1) is 21.9. The van der Waals surface area contributed by atoms with Crippen LogP contribution in [-0.4, -0.2) is 51.0 Å². The predicted molar refractivity (Wildman–Crippen MR) is 115 cm³/mol. The van der Waals surface area contributed by atoms with Gasteiger partial charge in [-0.3, -0.25) is 9.48 Å². The number of aromatic nitrogens is 4. The Balaban J connectivity index is 1.67. The Labute approximate surface area is 183 Å². The molecule has 0 aromatic carbocycles. The summed E-state index contributed by atoms with van der Waals surface area (Å²) in [5.41, 5.74) is 0.863. The first-order valence-electron chi connectivity index (χ1n) is 11.0. The first-order chi connectivity index (χ1) is 14.9. The van der Waals surface area contributed by atoms with Crippen molar-refractivity contribution in [2.24, 2.45) is 7.05 Å². The number of rotatable bonds is 5. The Morgan fingerprint density at radius 1 is 1.10 bits per heavy atom. The van der Waals surface area contributed by atoms with Crippen LogP contribution >= 0.6 is 0 Å². The van der Waals surface area contributed by atoms with Crippen molar-refractivity contribution in [3.8, 4) is 0 Å². The minimum Gasteiger partial charge on any atom is -0.349 e. The van der Waals surface area contributed by atoms with E-state index < -0.39 is 16.1 Å². The molecule has 1 atom stereocenters. The molecule has 0 bridgehead atoms. The van der Waals surface area contributed by atoms with Gasteiger partial charge >= 0.3 is 0 Å². The Bertz CT molecular complexity index is 1050. The van der Waals surface area contributed by atoms with E-state index in [-0.39, 0.29) is 16.8 Å². The average molecular weight is 447 g/mol. The number of carbonyl (C=O) groups is 1. The fourth-order valence-corrected chi connectivity index (χ4v) is 6.21. The molecule has 0 radical (unpaired) electrons. The van der Waals surface area contributed by atoms with Crippen LogP contribution in [0, 0.1) is 6.92 Å². The normalized spacial score (nSPS) is 21.2. The van der Waals surface area contributed by atoms with Crippen LogP contribution in [0.25, 0.3) is 0 Å². The molecule has 1 saturated heterocycles. The molecular weight excluding hydrogens is 416 g/mol. The Hall–Kier alpha value is -2.33. The van der Waals surface area contributed by atoms with E-state index in [1.807, 2.05) is 0 Å². The predicted octanol–water partition coefficient (Wildman–Crippen LogP) is 2.50. The fraction of sp³-hybridized carbons (Fsp3) is 0.619. The number of piperidine rings is 1. The minimum absolute atomic E-state index is 0.150. The molecule has 1 saturated carbocycles. The van der Waals surface area contributed by atoms with E-state index in [9.17, 15) is 13.2 Å². The second-order valence-electron chi connectivity index (χ2n) is 8.50. The third-order valence-electron chi connectivity index (χ3n) is 6.18. The Morgan fingerprint density at radius 3 is 2.55 bits per heavy atom. The topological polar surface area (TPSA) is 110 Å². The van der Waals surface area contributed by atoms with Crippen LogP contribution in [0.2, 0.25) is 0 Å². The molecule has 2 aliphatic rings. The van der Waals surface area contributed by atoms with Crippen LogP contribution in [0.15, 0.2) is 23.5 Å². The van der Waals surface area contributed by atoms with Gasteiger partial charge < -0.3 is 5.32 Å². The van der Waals surface area contributed by atoms with Crippen molar-refractivity contribution in [1.29, 1.82) is 0 Å². The third-order valence-corrected chi connectivity index (χ3v) is 8.04. The van der Waals surface area contributed by atoms with Gasteiger partial charge in [-0.05, 0) is 32.6 Å². The maximum atomic E-state index is 13.4.